The van der Waals surface area contributed by atoms with Gasteiger partial charge >= 0.3 is 0 Å². The molecule has 0 saturated carbocycles. The summed E-state index contributed by atoms with van der Waals surface area (Å²) in [6.45, 7) is 3.50. The molecular formula is C12H16N4O2S. The van der Waals surface area contributed by atoms with Crippen LogP contribution in [-0.2, 0) is 10.2 Å². The van der Waals surface area contributed by atoms with Gasteiger partial charge < -0.3 is 5.73 Å². The van der Waals surface area contributed by atoms with Crippen LogP contribution in [0, 0.1) is 0 Å². The van der Waals surface area contributed by atoms with Crippen LogP contribution in [0.3, 0.4) is 0 Å². The molecule has 102 valence electrons. The lowest BCUT2D eigenvalue weighted by Gasteiger charge is -2.13. The Hall–Kier alpha value is -1.86. The average molecular weight is 280 g/mol. The van der Waals surface area contributed by atoms with Crippen LogP contribution in [0.15, 0.2) is 30.5 Å². The second-order valence-corrected chi connectivity index (χ2v) is 5.93. The van der Waals surface area contributed by atoms with E-state index in [1.54, 1.807) is 44.3 Å². The summed E-state index contributed by atoms with van der Waals surface area (Å²) in [6.07, 6.45) is 1.61. The first kappa shape index (κ1) is 13.6. The maximum atomic E-state index is 11.9. The van der Waals surface area contributed by atoms with Gasteiger partial charge in [-0.2, -0.15) is 13.1 Å². The van der Waals surface area contributed by atoms with E-state index < -0.39 is 10.2 Å². The molecule has 0 aliphatic heterocycles. The number of nitrogen functional groups attached to an aromatic ring is 1. The first-order valence-electron chi connectivity index (χ1n) is 5.82. The average Bonchev–Trinajstić information content (AvgIpc) is 2.31. The van der Waals surface area contributed by atoms with Gasteiger partial charge in [0.15, 0.2) is 0 Å². The Kier molecular flexibility index (Phi) is 3.59. The zero-order valence-electron chi connectivity index (χ0n) is 10.7. The first-order chi connectivity index (χ1) is 8.89. The van der Waals surface area contributed by atoms with Gasteiger partial charge in [-0.1, -0.05) is 0 Å². The van der Waals surface area contributed by atoms with E-state index in [0.717, 1.165) is 0 Å². The molecule has 19 heavy (non-hydrogen) atoms. The molecule has 0 bridgehead atoms. The molecule has 0 radical (unpaired) electrons. The van der Waals surface area contributed by atoms with Crippen molar-refractivity contribution in [3.8, 4) is 0 Å². The Morgan fingerprint density at radius 1 is 1.26 bits per heavy atom. The highest BCUT2D eigenvalue weighted by Gasteiger charge is 2.14. The minimum Gasteiger partial charge on any atom is -0.397 e. The summed E-state index contributed by atoms with van der Waals surface area (Å²) in [7, 11) is -3.61. The Morgan fingerprint density at radius 3 is 2.68 bits per heavy atom. The van der Waals surface area contributed by atoms with Crippen molar-refractivity contribution in [2.24, 2.45) is 0 Å². The predicted molar refractivity (Wildman–Crippen MR) is 77.0 cm³/mol. The van der Waals surface area contributed by atoms with Crippen LogP contribution in [0.25, 0.3) is 10.9 Å². The van der Waals surface area contributed by atoms with Gasteiger partial charge in [-0.05, 0) is 38.1 Å². The SMILES string of the molecule is CC(C)NS(=O)(=O)Nc1ccc(N)c2ncccc12. The zero-order valence-corrected chi connectivity index (χ0v) is 11.5. The van der Waals surface area contributed by atoms with E-state index in [0.29, 0.717) is 22.3 Å². The Morgan fingerprint density at radius 2 is 2.00 bits per heavy atom. The van der Waals surface area contributed by atoms with Gasteiger partial charge in [0.05, 0.1) is 16.9 Å². The number of nitrogens with one attached hydrogen (secondary N) is 2. The summed E-state index contributed by atoms with van der Waals surface area (Å²) >= 11 is 0. The number of pyridine rings is 1. The molecule has 0 amide bonds. The van der Waals surface area contributed by atoms with Crippen molar-refractivity contribution in [3.05, 3.63) is 30.5 Å². The second-order valence-electron chi connectivity index (χ2n) is 4.48. The van der Waals surface area contributed by atoms with Gasteiger partial charge in [0.2, 0.25) is 0 Å². The highest BCUT2D eigenvalue weighted by atomic mass is 32.2. The van der Waals surface area contributed by atoms with Gasteiger partial charge in [0.25, 0.3) is 10.2 Å². The lowest BCUT2D eigenvalue weighted by Crippen LogP contribution is -2.35. The van der Waals surface area contributed by atoms with E-state index in [1.807, 2.05) is 0 Å². The molecule has 0 aliphatic carbocycles. The van der Waals surface area contributed by atoms with E-state index in [9.17, 15) is 8.42 Å². The number of rotatable bonds is 4. The molecule has 0 saturated heterocycles. The minimum absolute atomic E-state index is 0.185. The minimum atomic E-state index is -3.61. The molecular weight excluding hydrogens is 264 g/mol. The van der Waals surface area contributed by atoms with E-state index in [2.05, 4.69) is 14.4 Å². The van der Waals surface area contributed by atoms with Crippen molar-refractivity contribution in [1.82, 2.24) is 9.71 Å². The van der Waals surface area contributed by atoms with E-state index in [-0.39, 0.29) is 6.04 Å². The molecule has 1 aromatic heterocycles. The van der Waals surface area contributed by atoms with Gasteiger partial charge in [-0.3, -0.25) is 9.71 Å². The monoisotopic (exact) mass is 280 g/mol. The van der Waals surface area contributed by atoms with Gasteiger partial charge in [-0.15, -0.1) is 0 Å². The third-order valence-corrected chi connectivity index (χ3v) is 3.71. The van der Waals surface area contributed by atoms with Crippen molar-refractivity contribution >= 4 is 32.5 Å². The third-order valence-electron chi connectivity index (χ3n) is 2.44. The van der Waals surface area contributed by atoms with Crippen LogP contribution in [-0.4, -0.2) is 19.4 Å². The summed E-state index contributed by atoms with van der Waals surface area (Å²) in [5.41, 5.74) is 7.35. The molecule has 0 spiro atoms. The molecule has 0 atom stereocenters. The van der Waals surface area contributed by atoms with Gasteiger partial charge in [-0.25, -0.2) is 0 Å². The van der Waals surface area contributed by atoms with Crippen LogP contribution >= 0.6 is 0 Å². The van der Waals surface area contributed by atoms with E-state index >= 15 is 0 Å². The number of hydrogen-bond donors (Lipinski definition) is 3. The summed E-state index contributed by atoms with van der Waals surface area (Å²) < 4.78 is 28.7. The lowest BCUT2D eigenvalue weighted by molar-refractivity contribution is 0.575. The van der Waals surface area contributed by atoms with Crippen molar-refractivity contribution in [2.75, 3.05) is 10.5 Å². The van der Waals surface area contributed by atoms with E-state index in [4.69, 9.17) is 5.73 Å². The van der Waals surface area contributed by atoms with Crippen molar-refractivity contribution in [2.45, 2.75) is 19.9 Å². The predicted octanol–water partition coefficient (Wildman–Crippen LogP) is 1.47. The number of hydrogen-bond acceptors (Lipinski definition) is 4. The maximum Gasteiger partial charge on any atom is 0.299 e. The summed E-state index contributed by atoms with van der Waals surface area (Å²) in [6, 6.07) is 6.57. The number of anilines is 2. The van der Waals surface area contributed by atoms with E-state index in [1.165, 1.54) is 0 Å². The number of benzene rings is 1. The Bertz CT molecular complexity index is 698. The maximum absolute atomic E-state index is 11.9. The van der Waals surface area contributed by atoms with Crippen molar-refractivity contribution in [1.29, 1.82) is 0 Å². The summed E-state index contributed by atoms with van der Waals surface area (Å²) in [5, 5.41) is 0.664. The number of fused-ring (bicyclic) bond motifs is 1. The molecule has 1 aromatic carbocycles. The molecule has 6 nitrogen and oxygen atoms in total. The summed E-state index contributed by atoms with van der Waals surface area (Å²) in [4.78, 5) is 4.15. The molecule has 0 unspecified atom stereocenters. The van der Waals surface area contributed by atoms with Crippen LogP contribution < -0.4 is 15.2 Å². The standard InChI is InChI=1S/C12H16N4O2S/c1-8(2)15-19(17,18)16-11-6-5-10(13)12-9(11)4-3-7-14-12/h3-8,15-16H,13H2,1-2H3. The quantitative estimate of drug-likeness (QED) is 0.739. The van der Waals surface area contributed by atoms with Crippen LogP contribution in [0.2, 0.25) is 0 Å². The molecule has 2 rings (SSSR count). The van der Waals surface area contributed by atoms with Crippen LogP contribution in [0.1, 0.15) is 13.8 Å². The number of nitrogens with two attached hydrogens (primary N) is 1. The Labute approximate surface area is 112 Å². The van der Waals surface area contributed by atoms with Crippen LogP contribution in [0.4, 0.5) is 11.4 Å². The lowest BCUT2D eigenvalue weighted by atomic mass is 10.1. The van der Waals surface area contributed by atoms with Gasteiger partial charge in [0.1, 0.15) is 0 Å². The number of aromatic nitrogens is 1. The largest absolute Gasteiger partial charge is 0.397 e. The fraction of sp³-hybridized carbons (Fsp3) is 0.250. The highest BCUT2D eigenvalue weighted by molar-refractivity contribution is 7.90. The number of nitrogens with zero attached hydrogens (tertiary/aromatic N) is 1. The fourth-order valence-corrected chi connectivity index (χ4v) is 2.92. The van der Waals surface area contributed by atoms with Gasteiger partial charge in [0, 0.05) is 17.6 Å². The van der Waals surface area contributed by atoms with Crippen LogP contribution in [0.5, 0.6) is 0 Å². The molecule has 0 aliphatic rings. The smallest absolute Gasteiger partial charge is 0.299 e. The van der Waals surface area contributed by atoms with Crippen molar-refractivity contribution < 1.29 is 8.42 Å². The third kappa shape index (κ3) is 3.12. The fourth-order valence-electron chi connectivity index (χ4n) is 1.77. The molecule has 2 aromatic rings. The second kappa shape index (κ2) is 5.02. The Balaban J connectivity index is 2.45. The molecule has 1 heterocycles. The summed E-state index contributed by atoms with van der Waals surface area (Å²) in [5.74, 6) is 0. The molecule has 7 heteroatoms. The molecule has 0 fully saturated rings. The normalized spacial score (nSPS) is 11.9. The molecule has 4 N–H and O–H groups in total. The topological polar surface area (TPSA) is 97.1 Å². The zero-order chi connectivity index (χ0) is 14.0. The highest BCUT2D eigenvalue weighted by Crippen LogP contribution is 2.26. The van der Waals surface area contributed by atoms with Crippen molar-refractivity contribution in [3.63, 3.8) is 0 Å². The first-order valence-corrected chi connectivity index (χ1v) is 7.30.